The highest BCUT2D eigenvalue weighted by Crippen LogP contribution is 2.29. The molecule has 4 aromatic rings. The molecule has 4 rings (SSSR count). The molecule has 30 heavy (non-hydrogen) atoms. The van der Waals surface area contributed by atoms with E-state index in [0.717, 1.165) is 59.3 Å². The van der Waals surface area contributed by atoms with Gasteiger partial charge in [0, 0.05) is 30.5 Å². The minimum atomic E-state index is 0. The topological polar surface area (TPSA) is 47.0 Å². The van der Waals surface area contributed by atoms with Crippen molar-refractivity contribution in [2.45, 2.75) is 26.2 Å². The second-order valence-electron chi connectivity index (χ2n) is 7.18. The first-order chi connectivity index (χ1) is 14.8. The zero-order valence-electron chi connectivity index (χ0n) is 17.0. The lowest BCUT2D eigenvalue weighted by Gasteiger charge is -2.11. The molecule has 2 heterocycles. The SMILES string of the molecule is Cc1cc(Nc2nc(-c3cccnc3)cs2)ccc1OCCCCc1ccccc1.[HH]. The van der Waals surface area contributed by atoms with Gasteiger partial charge >= 0.3 is 0 Å². The van der Waals surface area contributed by atoms with E-state index in [1.807, 2.05) is 35.8 Å². The predicted molar refractivity (Wildman–Crippen MR) is 127 cm³/mol. The summed E-state index contributed by atoms with van der Waals surface area (Å²) in [7, 11) is 0. The second-order valence-corrected chi connectivity index (χ2v) is 8.03. The molecule has 0 radical (unpaired) electrons. The van der Waals surface area contributed by atoms with Gasteiger partial charge in [0.1, 0.15) is 5.75 Å². The summed E-state index contributed by atoms with van der Waals surface area (Å²) in [6.45, 7) is 2.81. The molecule has 0 amide bonds. The van der Waals surface area contributed by atoms with Crippen LogP contribution >= 0.6 is 11.3 Å². The Labute approximate surface area is 183 Å². The van der Waals surface area contributed by atoms with Gasteiger partial charge in [-0.1, -0.05) is 30.3 Å². The Bertz CT molecular complexity index is 1070. The number of hydrogen-bond acceptors (Lipinski definition) is 5. The van der Waals surface area contributed by atoms with Crippen molar-refractivity contribution in [3.8, 4) is 17.0 Å². The van der Waals surface area contributed by atoms with Crippen LogP contribution in [-0.4, -0.2) is 16.6 Å². The van der Waals surface area contributed by atoms with E-state index >= 15 is 0 Å². The van der Waals surface area contributed by atoms with Crippen molar-refractivity contribution < 1.29 is 6.16 Å². The van der Waals surface area contributed by atoms with Crippen molar-refractivity contribution >= 4 is 22.2 Å². The van der Waals surface area contributed by atoms with Crippen molar-refractivity contribution in [2.75, 3.05) is 11.9 Å². The standard InChI is InChI=1S/C25H25N3OS.H2/c1-19-16-22(27-25-28-23(18-30-25)21-11-7-14-26-17-21)12-13-24(19)29-15-6-5-10-20-8-3-2-4-9-20;/h2-4,7-9,11-14,16-18H,5-6,10,15H2,1H3,(H,27,28);1H. The first kappa shape index (κ1) is 20.1. The van der Waals surface area contributed by atoms with Crippen LogP contribution in [0.25, 0.3) is 11.3 Å². The number of anilines is 2. The van der Waals surface area contributed by atoms with Crippen LogP contribution in [0.1, 0.15) is 25.4 Å². The summed E-state index contributed by atoms with van der Waals surface area (Å²) in [4.78, 5) is 8.82. The maximum absolute atomic E-state index is 5.99. The van der Waals surface area contributed by atoms with Crippen LogP contribution in [0.2, 0.25) is 0 Å². The number of ether oxygens (including phenoxy) is 1. The van der Waals surface area contributed by atoms with Gasteiger partial charge in [-0.25, -0.2) is 4.98 Å². The smallest absolute Gasteiger partial charge is 0.187 e. The molecule has 0 aliphatic rings. The fraction of sp³-hybridized carbons (Fsp3) is 0.200. The molecule has 0 aliphatic carbocycles. The fourth-order valence-electron chi connectivity index (χ4n) is 3.25. The summed E-state index contributed by atoms with van der Waals surface area (Å²) in [5, 5.41) is 6.29. The van der Waals surface area contributed by atoms with Crippen LogP contribution in [0.15, 0.2) is 78.4 Å². The Kier molecular flexibility index (Phi) is 6.72. The van der Waals surface area contributed by atoms with Crippen molar-refractivity contribution in [1.82, 2.24) is 9.97 Å². The van der Waals surface area contributed by atoms with Crippen molar-refractivity contribution in [2.24, 2.45) is 0 Å². The van der Waals surface area contributed by atoms with Gasteiger partial charge in [0.2, 0.25) is 0 Å². The molecule has 0 unspecified atom stereocenters. The molecule has 0 bridgehead atoms. The molecule has 2 aromatic carbocycles. The molecule has 154 valence electrons. The first-order valence-corrected chi connectivity index (χ1v) is 11.1. The number of aromatic nitrogens is 2. The third-order valence-electron chi connectivity index (χ3n) is 4.85. The Hall–Kier alpha value is -3.18. The lowest BCUT2D eigenvalue weighted by molar-refractivity contribution is 0.305. The van der Waals surface area contributed by atoms with Crippen molar-refractivity contribution in [3.05, 3.63) is 89.6 Å². The minimum absolute atomic E-state index is 0. The van der Waals surface area contributed by atoms with Crippen LogP contribution in [0.3, 0.4) is 0 Å². The molecule has 2 aromatic heterocycles. The van der Waals surface area contributed by atoms with E-state index in [-0.39, 0.29) is 1.43 Å². The van der Waals surface area contributed by atoms with Gasteiger partial charge in [-0.15, -0.1) is 11.3 Å². The quantitative estimate of drug-likeness (QED) is 0.301. The number of thiazole rings is 1. The van der Waals surface area contributed by atoms with Crippen LogP contribution in [0.5, 0.6) is 5.75 Å². The lowest BCUT2D eigenvalue weighted by atomic mass is 10.1. The molecule has 0 aliphatic heterocycles. The van der Waals surface area contributed by atoms with E-state index in [1.54, 1.807) is 17.5 Å². The van der Waals surface area contributed by atoms with Crippen molar-refractivity contribution in [3.63, 3.8) is 0 Å². The van der Waals surface area contributed by atoms with Crippen LogP contribution in [-0.2, 0) is 6.42 Å². The van der Waals surface area contributed by atoms with Gasteiger partial charge < -0.3 is 10.1 Å². The van der Waals surface area contributed by atoms with Crippen LogP contribution in [0, 0.1) is 6.92 Å². The van der Waals surface area contributed by atoms with E-state index in [1.165, 1.54) is 5.56 Å². The normalized spacial score (nSPS) is 10.7. The highest BCUT2D eigenvalue weighted by molar-refractivity contribution is 7.14. The molecule has 0 saturated carbocycles. The highest BCUT2D eigenvalue weighted by Gasteiger charge is 2.07. The summed E-state index contributed by atoms with van der Waals surface area (Å²) in [6, 6.07) is 20.7. The Balaban J connectivity index is 0.00000272. The molecular formula is C25H27N3OS. The van der Waals surface area contributed by atoms with Gasteiger partial charge in [0.25, 0.3) is 0 Å². The maximum atomic E-state index is 5.99. The third-order valence-corrected chi connectivity index (χ3v) is 5.61. The largest absolute Gasteiger partial charge is 0.493 e. The van der Waals surface area contributed by atoms with Gasteiger partial charge in [-0.3, -0.25) is 4.98 Å². The zero-order valence-corrected chi connectivity index (χ0v) is 17.9. The van der Waals surface area contributed by atoms with Crippen molar-refractivity contribution in [1.29, 1.82) is 0 Å². The summed E-state index contributed by atoms with van der Waals surface area (Å²) < 4.78 is 5.99. The highest BCUT2D eigenvalue weighted by atomic mass is 32.1. The molecule has 1 N–H and O–H groups in total. The number of hydrogen-bond donors (Lipinski definition) is 1. The molecule has 0 atom stereocenters. The number of aryl methyl sites for hydroxylation is 2. The average molecular weight is 418 g/mol. The zero-order chi connectivity index (χ0) is 20.6. The number of nitrogens with zero attached hydrogens (tertiary/aromatic N) is 2. The Morgan fingerprint density at radius 3 is 2.73 bits per heavy atom. The molecule has 0 fully saturated rings. The Morgan fingerprint density at radius 1 is 1.03 bits per heavy atom. The van der Waals surface area contributed by atoms with E-state index in [0.29, 0.717) is 0 Å². The summed E-state index contributed by atoms with van der Waals surface area (Å²) in [6.07, 6.45) is 6.87. The predicted octanol–water partition coefficient (Wildman–Crippen LogP) is 6.90. The third kappa shape index (κ3) is 5.45. The lowest BCUT2D eigenvalue weighted by Crippen LogP contribution is -2.00. The Morgan fingerprint density at radius 2 is 1.93 bits per heavy atom. The van der Waals surface area contributed by atoms with E-state index in [2.05, 4.69) is 58.6 Å². The number of rotatable bonds is 9. The summed E-state index contributed by atoms with van der Waals surface area (Å²) >= 11 is 1.59. The number of benzene rings is 2. The number of nitrogens with one attached hydrogen (secondary N) is 1. The van der Waals surface area contributed by atoms with Crippen LogP contribution in [0.4, 0.5) is 10.8 Å². The summed E-state index contributed by atoms with van der Waals surface area (Å²) in [5.74, 6) is 0.940. The van der Waals surface area contributed by atoms with Gasteiger partial charge in [-0.2, -0.15) is 0 Å². The van der Waals surface area contributed by atoms with Gasteiger partial charge in [-0.05, 0) is 67.6 Å². The van der Waals surface area contributed by atoms with E-state index in [4.69, 9.17) is 4.74 Å². The van der Waals surface area contributed by atoms with E-state index in [9.17, 15) is 0 Å². The first-order valence-electron chi connectivity index (χ1n) is 10.2. The maximum Gasteiger partial charge on any atom is 0.187 e. The molecule has 5 heteroatoms. The fourth-order valence-corrected chi connectivity index (χ4v) is 3.99. The molecule has 4 nitrogen and oxygen atoms in total. The monoisotopic (exact) mass is 417 g/mol. The number of pyridine rings is 1. The molecule has 0 saturated heterocycles. The molecular weight excluding hydrogens is 390 g/mol. The van der Waals surface area contributed by atoms with Gasteiger partial charge in [0.15, 0.2) is 5.13 Å². The second kappa shape index (κ2) is 10.0. The average Bonchev–Trinajstić information content (AvgIpc) is 3.25. The van der Waals surface area contributed by atoms with Gasteiger partial charge in [0.05, 0.1) is 12.3 Å². The summed E-state index contributed by atoms with van der Waals surface area (Å²) in [5.41, 5.74) is 5.47. The molecule has 0 spiro atoms. The van der Waals surface area contributed by atoms with Crippen LogP contribution < -0.4 is 10.1 Å². The minimum Gasteiger partial charge on any atom is -0.493 e. The van der Waals surface area contributed by atoms with E-state index < -0.39 is 0 Å². The number of unbranched alkanes of at least 4 members (excludes halogenated alkanes) is 1.